The Morgan fingerprint density at radius 2 is 2.06 bits per heavy atom. The third kappa shape index (κ3) is 4.81. The van der Waals surface area contributed by atoms with Crippen LogP contribution in [-0.2, 0) is 0 Å². The van der Waals surface area contributed by atoms with Gasteiger partial charge >= 0.3 is 0 Å². The fraction of sp³-hybridized carbons (Fsp3) is 0.467. The maximum Gasteiger partial charge on any atom is 0.0166 e. The summed E-state index contributed by atoms with van der Waals surface area (Å²) in [7, 11) is 0. The molecule has 1 aromatic rings. The minimum Gasteiger partial charge on any atom is -0.330 e. The number of nitrogens with zero attached hydrogens (tertiary/aromatic N) is 1. The molecule has 0 radical (unpaired) electrons. The van der Waals surface area contributed by atoms with Gasteiger partial charge in [0.15, 0.2) is 0 Å². The molecule has 0 bridgehead atoms. The summed E-state index contributed by atoms with van der Waals surface area (Å²) in [5.74, 6) is 0.703. The Morgan fingerprint density at radius 1 is 1.28 bits per heavy atom. The van der Waals surface area contributed by atoms with Gasteiger partial charge in [0.05, 0.1) is 0 Å². The average Bonchev–Trinajstić information content (AvgIpc) is 2.40. The van der Waals surface area contributed by atoms with E-state index in [0.29, 0.717) is 5.92 Å². The van der Waals surface area contributed by atoms with Gasteiger partial charge in [-0.3, -0.25) is 4.90 Å². The van der Waals surface area contributed by atoms with E-state index in [2.05, 4.69) is 41.3 Å². The Hall–Kier alpha value is -0.830. The topological polar surface area (TPSA) is 29.3 Å². The largest absolute Gasteiger partial charge is 0.330 e. The van der Waals surface area contributed by atoms with Crippen molar-refractivity contribution < 1.29 is 0 Å². The lowest BCUT2D eigenvalue weighted by Gasteiger charge is -2.31. The van der Waals surface area contributed by atoms with Crippen LogP contribution in [0.5, 0.6) is 0 Å². The molecule has 2 N–H and O–H groups in total. The monoisotopic (exact) mass is 266 g/mol. The highest BCUT2D eigenvalue weighted by atomic mass is 35.5. The highest BCUT2D eigenvalue weighted by Crippen LogP contribution is 2.15. The summed E-state index contributed by atoms with van der Waals surface area (Å²) in [5.41, 5.74) is 7.02. The number of benzene rings is 1. The minimum atomic E-state index is 0. The molecule has 0 aromatic heterocycles. The molecule has 0 aliphatic carbocycles. The normalized spacial score (nSPS) is 20.8. The van der Waals surface area contributed by atoms with E-state index < -0.39 is 0 Å². The number of piperidine rings is 1. The van der Waals surface area contributed by atoms with E-state index in [4.69, 9.17) is 5.73 Å². The van der Waals surface area contributed by atoms with Crippen LogP contribution in [0.2, 0.25) is 0 Å². The van der Waals surface area contributed by atoms with Crippen molar-refractivity contribution in [2.75, 3.05) is 26.2 Å². The molecule has 2 nitrogen and oxygen atoms in total. The second-order valence-electron chi connectivity index (χ2n) is 4.82. The number of hydrogen-bond acceptors (Lipinski definition) is 2. The molecule has 1 aliphatic heterocycles. The third-order valence-corrected chi connectivity index (χ3v) is 3.41. The first-order chi connectivity index (χ1) is 8.38. The molecule has 1 heterocycles. The van der Waals surface area contributed by atoms with Gasteiger partial charge in [0.2, 0.25) is 0 Å². The van der Waals surface area contributed by atoms with Gasteiger partial charge in [-0.05, 0) is 37.4 Å². The predicted octanol–water partition coefficient (Wildman–Crippen LogP) is 2.79. The maximum absolute atomic E-state index is 5.74. The van der Waals surface area contributed by atoms with Crippen molar-refractivity contribution in [2.45, 2.75) is 12.8 Å². The predicted molar refractivity (Wildman–Crippen MR) is 80.9 cm³/mol. The SMILES string of the molecule is Cl.NCC1CCCN(C/C=C/c2ccccc2)C1. The molecule has 1 saturated heterocycles. The Labute approximate surface area is 116 Å². The van der Waals surface area contributed by atoms with Gasteiger partial charge in [-0.15, -0.1) is 12.4 Å². The summed E-state index contributed by atoms with van der Waals surface area (Å²) in [4.78, 5) is 2.50. The van der Waals surface area contributed by atoms with E-state index in [1.807, 2.05) is 6.07 Å². The van der Waals surface area contributed by atoms with Crippen molar-refractivity contribution in [2.24, 2.45) is 11.7 Å². The standard InChI is InChI=1S/C15H22N2.ClH/c16-12-15-9-5-11-17(13-15)10-4-8-14-6-2-1-3-7-14;/h1-4,6-8,15H,5,9-13,16H2;1H/b8-4+;. The van der Waals surface area contributed by atoms with Crippen molar-refractivity contribution in [3.63, 3.8) is 0 Å². The van der Waals surface area contributed by atoms with Crippen LogP contribution in [0.3, 0.4) is 0 Å². The maximum atomic E-state index is 5.74. The first-order valence-electron chi connectivity index (χ1n) is 6.52. The zero-order valence-corrected chi connectivity index (χ0v) is 11.6. The Balaban J connectivity index is 0.00000162. The third-order valence-electron chi connectivity index (χ3n) is 3.41. The quantitative estimate of drug-likeness (QED) is 0.908. The lowest BCUT2D eigenvalue weighted by molar-refractivity contribution is 0.195. The van der Waals surface area contributed by atoms with E-state index >= 15 is 0 Å². The van der Waals surface area contributed by atoms with Crippen LogP contribution in [-0.4, -0.2) is 31.1 Å². The van der Waals surface area contributed by atoms with Gasteiger partial charge in [0.1, 0.15) is 0 Å². The average molecular weight is 267 g/mol. The molecule has 100 valence electrons. The van der Waals surface area contributed by atoms with Crippen LogP contribution in [0, 0.1) is 5.92 Å². The Morgan fingerprint density at radius 3 is 2.78 bits per heavy atom. The minimum absolute atomic E-state index is 0. The van der Waals surface area contributed by atoms with Gasteiger partial charge in [-0.25, -0.2) is 0 Å². The zero-order chi connectivity index (χ0) is 11.9. The highest BCUT2D eigenvalue weighted by Gasteiger charge is 2.17. The fourth-order valence-electron chi connectivity index (χ4n) is 2.41. The molecule has 2 rings (SSSR count). The summed E-state index contributed by atoms with van der Waals surface area (Å²) in [6, 6.07) is 10.5. The van der Waals surface area contributed by atoms with E-state index in [-0.39, 0.29) is 12.4 Å². The van der Waals surface area contributed by atoms with Gasteiger partial charge in [-0.1, -0.05) is 42.5 Å². The molecule has 1 atom stereocenters. The smallest absolute Gasteiger partial charge is 0.0166 e. The molecule has 18 heavy (non-hydrogen) atoms. The molecular weight excluding hydrogens is 244 g/mol. The van der Waals surface area contributed by atoms with Crippen LogP contribution in [0.4, 0.5) is 0 Å². The van der Waals surface area contributed by atoms with E-state index in [9.17, 15) is 0 Å². The van der Waals surface area contributed by atoms with E-state index in [1.54, 1.807) is 0 Å². The molecule has 0 spiro atoms. The summed E-state index contributed by atoms with van der Waals surface area (Å²) >= 11 is 0. The fourth-order valence-corrected chi connectivity index (χ4v) is 2.41. The first-order valence-corrected chi connectivity index (χ1v) is 6.52. The van der Waals surface area contributed by atoms with Crippen molar-refractivity contribution in [3.8, 4) is 0 Å². The van der Waals surface area contributed by atoms with Crippen LogP contribution in [0.25, 0.3) is 6.08 Å². The zero-order valence-electron chi connectivity index (χ0n) is 10.8. The van der Waals surface area contributed by atoms with Gasteiger partial charge in [0, 0.05) is 13.1 Å². The number of nitrogens with two attached hydrogens (primary N) is 1. The lowest BCUT2D eigenvalue weighted by Crippen LogP contribution is -2.38. The summed E-state index contributed by atoms with van der Waals surface area (Å²) in [6.07, 6.45) is 7.05. The van der Waals surface area contributed by atoms with Crippen molar-refractivity contribution >= 4 is 18.5 Å². The first kappa shape index (κ1) is 15.2. The second-order valence-corrected chi connectivity index (χ2v) is 4.82. The molecule has 0 amide bonds. The van der Waals surface area contributed by atoms with Gasteiger partial charge in [0.25, 0.3) is 0 Å². The van der Waals surface area contributed by atoms with Crippen molar-refractivity contribution in [3.05, 3.63) is 42.0 Å². The number of rotatable bonds is 4. The number of halogens is 1. The summed E-state index contributed by atoms with van der Waals surface area (Å²) in [6.45, 7) is 4.26. The molecule has 1 aliphatic rings. The van der Waals surface area contributed by atoms with Crippen LogP contribution in [0.1, 0.15) is 18.4 Å². The highest BCUT2D eigenvalue weighted by molar-refractivity contribution is 5.85. The van der Waals surface area contributed by atoms with Gasteiger partial charge in [-0.2, -0.15) is 0 Å². The van der Waals surface area contributed by atoms with E-state index in [0.717, 1.165) is 19.6 Å². The number of hydrogen-bond donors (Lipinski definition) is 1. The van der Waals surface area contributed by atoms with Gasteiger partial charge < -0.3 is 5.73 Å². The van der Waals surface area contributed by atoms with E-state index in [1.165, 1.54) is 24.9 Å². The second kappa shape index (κ2) is 8.30. The van der Waals surface area contributed by atoms with Crippen LogP contribution < -0.4 is 5.73 Å². The Kier molecular flexibility index (Phi) is 7.02. The molecular formula is C15H23ClN2. The van der Waals surface area contributed by atoms with Crippen molar-refractivity contribution in [1.29, 1.82) is 0 Å². The summed E-state index contributed by atoms with van der Waals surface area (Å²) in [5, 5.41) is 0. The van der Waals surface area contributed by atoms with Crippen LogP contribution >= 0.6 is 12.4 Å². The number of likely N-dealkylation sites (tertiary alicyclic amines) is 1. The summed E-state index contributed by atoms with van der Waals surface area (Å²) < 4.78 is 0. The molecule has 3 heteroatoms. The Bertz CT molecular complexity index is 351. The van der Waals surface area contributed by atoms with Crippen molar-refractivity contribution in [1.82, 2.24) is 4.90 Å². The lowest BCUT2D eigenvalue weighted by atomic mass is 9.98. The molecule has 0 saturated carbocycles. The van der Waals surface area contributed by atoms with Crippen LogP contribution in [0.15, 0.2) is 36.4 Å². The molecule has 1 aromatic carbocycles. The molecule has 1 fully saturated rings. The molecule has 1 unspecified atom stereocenters.